The van der Waals surface area contributed by atoms with Gasteiger partial charge in [-0.05, 0) is 31.5 Å². The molecule has 0 saturated heterocycles. The predicted molar refractivity (Wildman–Crippen MR) is 81.8 cm³/mol. The number of aryl methyl sites for hydroxylation is 2. The van der Waals surface area contributed by atoms with Crippen molar-refractivity contribution in [2.75, 3.05) is 14.2 Å². The van der Waals surface area contributed by atoms with Crippen LogP contribution in [0.1, 0.15) is 32.1 Å². The van der Waals surface area contributed by atoms with Gasteiger partial charge in [0, 0.05) is 17.8 Å². The highest BCUT2D eigenvalue weighted by molar-refractivity contribution is 5.88. The number of rotatable bonds is 2. The molecular formula is C16H18N2O5. The molecule has 7 nitrogen and oxygen atoms in total. The molecule has 0 fully saturated rings. The third-order valence-corrected chi connectivity index (χ3v) is 2.93. The Bertz CT molecular complexity index is 680. The second-order valence-electron chi connectivity index (χ2n) is 4.52. The van der Waals surface area contributed by atoms with Gasteiger partial charge in [-0.2, -0.15) is 4.73 Å². The molecular weight excluding hydrogens is 300 g/mol. The average molecular weight is 318 g/mol. The van der Waals surface area contributed by atoms with E-state index >= 15 is 0 Å². The van der Waals surface area contributed by atoms with Gasteiger partial charge in [0.05, 0.1) is 14.2 Å². The summed E-state index contributed by atoms with van der Waals surface area (Å²) in [5.41, 5.74) is 1.87. The van der Waals surface area contributed by atoms with Gasteiger partial charge in [0.1, 0.15) is 0 Å². The van der Waals surface area contributed by atoms with E-state index in [0.717, 1.165) is 5.56 Å². The number of carbonyl (C=O) groups excluding carboxylic acids is 2. The maximum atomic E-state index is 11.1. The normalized spacial score (nSPS) is 9.39. The van der Waals surface area contributed by atoms with Crippen LogP contribution >= 0.6 is 0 Å². The standard InChI is InChI=1S/C8H9NO3.C8H9NO2/c1-6-4-3-5-9(11)7(6)8(10)12-2;1-6-4-3-5-9-7(6)8(10)11-2/h3-5H,1-2H3;3-5H,1-2H3. The second-order valence-corrected chi connectivity index (χ2v) is 4.52. The zero-order valence-electron chi connectivity index (χ0n) is 13.4. The van der Waals surface area contributed by atoms with Crippen LogP contribution in [0.25, 0.3) is 0 Å². The van der Waals surface area contributed by atoms with Crippen molar-refractivity contribution >= 4 is 11.9 Å². The summed E-state index contributed by atoms with van der Waals surface area (Å²) in [5.74, 6) is -0.994. The molecule has 0 aliphatic rings. The molecule has 122 valence electrons. The second kappa shape index (κ2) is 8.47. The molecule has 0 N–H and O–H groups in total. The quantitative estimate of drug-likeness (QED) is 0.474. The van der Waals surface area contributed by atoms with Gasteiger partial charge in [-0.25, -0.2) is 14.6 Å². The molecule has 23 heavy (non-hydrogen) atoms. The lowest BCUT2D eigenvalue weighted by Crippen LogP contribution is -2.35. The molecule has 2 heterocycles. The molecule has 0 amide bonds. The molecule has 0 saturated carbocycles. The van der Waals surface area contributed by atoms with Crippen molar-refractivity contribution in [3.63, 3.8) is 0 Å². The summed E-state index contributed by atoms with van der Waals surface area (Å²) in [7, 11) is 2.59. The van der Waals surface area contributed by atoms with Crippen molar-refractivity contribution in [1.29, 1.82) is 0 Å². The monoisotopic (exact) mass is 318 g/mol. The summed E-state index contributed by atoms with van der Waals surface area (Å²) < 4.78 is 9.45. The largest absolute Gasteiger partial charge is 0.618 e. The lowest BCUT2D eigenvalue weighted by atomic mass is 10.2. The van der Waals surface area contributed by atoms with Gasteiger partial charge in [0.2, 0.25) is 0 Å². The Kier molecular flexibility index (Phi) is 6.67. The van der Waals surface area contributed by atoms with Crippen molar-refractivity contribution in [2.24, 2.45) is 0 Å². The van der Waals surface area contributed by atoms with E-state index in [1.165, 1.54) is 20.4 Å². The first-order chi connectivity index (χ1) is 10.9. The van der Waals surface area contributed by atoms with Crippen LogP contribution in [-0.4, -0.2) is 31.1 Å². The lowest BCUT2D eigenvalue weighted by Gasteiger charge is -2.03. The highest BCUT2D eigenvalue weighted by Crippen LogP contribution is 2.03. The number of hydrogen-bond donors (Lipinski definition) is 0. The first kappa shape index (κ1) is 18.1. The molecule has 0 aliphatic heterocycles. The van der Waals surface area contributed by atoms with Crippen molar-refractivity contribution in [3.05, 3.63) is 64.4 Å². The van der Waals surface area contributed by atoms with Gasteiger partial charge in [-0.3, -0.25) is 0 Å². The molecule has 2 rings (SSSR count). The molecule has 0 unspecified atom stereocenters. The van der Waals surface area contributed by atoms with E-state index in [4.69, 9.17) is 0 Å². The average Bonchev–Trinajstić information content (AvgIpc) is 2.54. The summed E-state index contributed by atoms with van der Waals surface area (Å²) in [6, 6.07) is 6.86. The summed E-state index contributed by atoms with van der Waals surface area (Å²) in [6.45, 7) is 3.50. The molecule has 2 aromatic heterocycles. The summed E-state index contributed by atoms with van der Waals surface area (Å²) in [6.07, 6.45) is 2.83. The maximum absolute atomic E-state index is 11.1. The molecule has 0 spiro atoms. The minimum Gasteiger partial charge on any atom is -0.618 e. The van der Waals surface area contributed by atoms with Crippen LogP contribution in [0.15, 0.2) is 36.7 Å². The van der Waals surface area contributed by atoms with Crippen LogP contribution in [0.2, 0.25) is 0 Å². The number of methoxy groups -OCH3 is 2. The van der Waals surface area contributed by atoms with E-state index in [1.54, 1.807) is 31.3 Å². The Hall–Kier alpha value is -2.96. The summed E-state index contributed by atoms with van der Waals surface area (Å²) in [5, 5.41) is 11.1. The molecule has 0 radical (unpaired) electrons. The Morgan fingerprint density at radius 3 is 2.17 bits per heavy atom. The Morgan fingerprint density at radius 1 is 1.04 bits per heavy atom. The van der Waals surface area contributed by atoms with E-state index in [9.17, 15) is 14.8 Å². The van der Waals surface area contributed by atoms with Crippen molar-refractivity contribution < 1.29 is 23.8 Å². The van der Waals surface area contributed by atoms with Gasteiger partial charge in [-0.15, -0.1) is 0 Å². The minimum atomic E-state index is -0.608. The van der Waals surface area contributed by atoms with Crippen LogP contribution in [0.4, 0.5) is 0 Å². The van der Waals surface area contributed by atoms with E-state index in [2.05, 4.69) is 14.5 Å². The summed E-state index contributed by atoms with van der Waals surface area (Å²) >= 11 is 0. The van der Waals surface area contributed by atoms with Gasteiger partial charge in [0.15, 0.2) is 11.9 Å². The topological polar surface area (TPSA) is 92.4 Å². The minimum absolute atomic E-state index is 0.0417. The van der Waals surface area contributed by atoms with Gasteiger partial charge >= 0.3 is 17.6 Å². The molecule has 0 aromatic carbocycles. The third kappa shape index (κ3) is 4.77. The van der Waals surface area contributed by atoms with E-state index in [0.29, 0.717) is 16.0 Å². The zero-order chi connectivity index (χ0) is 17.4. The van der Waals surface area contributed by atoms with Crippen molar-refractivity contribution in [2.45, 2.75) is 13.8 Å². The smallest absolute Gasteiger partial charge is 0.405 e. The van der Waals surface area contributed by atoms with E-state index in [-0.39, 0.29) is 11.7 Å². The molecule has 0 atom stereocenters. The predicted octanol–water partition coefficient (Wildman–Crippen LogP) is 1.59. The number of aromatic nitrogens is 2. The fourth-order valence-corrected chi connectivity index (χ4v) is 1.74. The molecule has 0 bridgehead atoms. The SMILES string of the molecule is COC(=O)c1c(C)ccc[n+]1[O-].COC(=O)c1ncccc1C. The fraction of sp³-hybridized carbons (Fsp3) is 0.250. The van der Waals surface area contributed by atoms with E-state index < -0.39 is 5.97 Å². The summed E-state index contributed by atoms with van der Waals surface area (Å²) in [4.78, 5) is 25.8. The Balaban J connectivity index is 0.000000231. The number of carbonyl (C=O) groups is 2. The third-order valence-electron chi connectivity index (χ3n) is 2.93. The van der Waals surface area contributed by atoms with Crippen LogP contribution in [-0.2, 0) is 9.47 Å². The maximum Gasteiger partial charge on any atom is 0.405 e. The number of pyridine rings is 2. The number of esters is 2. The van der Waals surface area contributed by atoms with Crippen molar-refractivity contribution in [3.8, 4) is 0 Å². The van der Waals surface area contributed by atoms with Crippen LogP contribution < -0.4 is 4.73 Å². The van der Waals surface area contributed by atoms with Gasteiger partial charge < -0.3 is 14.7 Å². The Labute approximate surface area is 134 Å². The highest BCUT2D eigenvalue weighted by Gasteiger charge is 2.18. The lowest BCUT2D eigenvalue weighted by molar-refractivity contribution is -0.608. The number of hydrogen-bond acceptors (Lipinski definition) is 6. The molecule has 0 aliphatic carbocycles. The van der Waals surface area contributed by atoms with Gasteiger partial charge in [-0.1, -0.05) is 6.07 Å². The Morgan fingerprint density at radius 2 is 1.65 bits per heavy atom. The fourth-order valence-electron chi connectivity index (χ4n) is 1.74. The van der Waals surface area contributed by atoms with E-state index in [1.807, 2.05) is 13.0 Å². The number of nitrogens with zero attached hydrogens (tertiary/aromatic N) is 2. The first-order valence-corrected chi connectivity index (χ1v) is 6.69. The van der Waals surface area contributed by atoms with Crippen molar-refractivity contribution in [1.82, 2.24) is 4.98 Å². The van der Waals surface area contributed by atoms with Crippen LogP contribution in [0.5, 0.6) is 0 Å². The molecule has 7 heteroatoms. The van der Waals surface area contributed by atoms with Crippen LogP contribution in [0, 0.1) is 19.1 Å². The van der Waals surface area contributed by atoms with Crippen LogP contribution in [0.3, 0.4) is 0 Å². The number of ether oxygens (including phenoxy) is 2. The molecule has 2 aromatic rings. The zero-order valence-corrected chi connectivity index (χ0v) is 13.4. The first-order valence-electron chi connectivity index (χ1n) is 6.69. The van der Waals surface area contributed by atoms with Gasteiger partial charge in [0.25, 0.3) is 0 Å². The highest BCUT2D eigenvalue weighted by atomic mass is 16.5.